The Kier molecular flexibility index (Phi) is 4.16. The second-order valence-corrected chi connectivity index (χ2v) is 4.80. The number of amides is 1. The van der Waals surface area contributed by atoms with Crippen molar-refractivity contribution < 1.29 is 14.3 Å². The lowest BCUT2D eigenvalue weighted by Gasteiger charge is -2.26. The van der Waals surface area contributed by atoms with Crippen molar-refractivity contribution in [1.29, 1.82) is 0 Å². The molecule has 2 N–H and O–H groups in total. The molecule has 1 aliphatic rings. The SMILES string of the molecule is COC(=O)c1ccc(NC(=O)CC2CNC2)c(C)c1. The van der Waals surface area contributed by atoms with Crippen molar-refractivity contribution in [2.75, 3.05) is 25.5 Å². The van der Waals surface area contributed by atoms with Crippen LogP contribution in [-0.2, 0) is 9.53 Å². The maximum absolute atomic E-state index is 11.8. The van der Waals surface area contributed by atoms with Gasteiger partial charge in [0, 0.05) is 12.1 Å². The van der Waals surface area contributed by atoms with E-state index in [1.807, 2.05) is 6.92 Å². The van der Waals surface area contributed by atoms with Gasteiger partial charge in [0.05, 0.1) is 12.7 Å². The van der Waals surface area contributed by atoms with Crippen LogP contribution in [0.1, 0.15) is 22.3 Å². The van der Waals surface area contributed by atoms with Crippen LogP contribution in [0.25, 0.3) is 0 Å². The van der Waals surface area contributed by atoms with Crippen molar-refractivity contribution in [3.63, 3.8) is 0 Å². The first-order valence-corrected chi connectivity index (χ1v) is 6.29. The van der Waals surface area contributed by atoms with E-state index in [0.717, 1.165) is 24.3 Å². The molecule has 1 heterocycles. The molecular weight excluding hydrogens is 244 g/mol. The van der Waals surface area contributed by atoms with E-state index in [2.05, 4.69) is 15.4 Å². The smallest absolute Gasteiger partial charge is 0.337 e. The highest BCUT2D eigenvalue weighted by Gasteiger charge is 2.20. The third-order valence-corrected chi connectivity index (χ3v) is 3.26. The quantitative estimate of drug-likeness (QED) is 0.803. The fraction of sp³-hybridized carbons (Fsp3) is 0.429. The molecule has 2 rings (SSSR count). The Morgan fingerprint density at radius 2 is 2.16 bits per heavy atom. The summed E-state index contributed by atoms with van der Waals surface area (Å²) in [5.74, 6) is 0.0802. The van der Waals surface area contributed by atoms with Crippen molar-refractivity contribution in [3.8, 4) is 0 Å². The summed E-state index contributed by atoms with van der Waals surface area (Å²) in [7, 11) is 1.35. The number of anilines is 1. The Hall–Kier alpha value is -1.88. The second kappa shape index (κ2) is 5.84. The van der Waals surface area contributed by atoms with Gasteiger partial charge < -0.3 is 15.4 Å². The fourth-order valence-corrected chi connectivity index (χ4v) is 2.00. The molecule has 0 saturated carbocycles. The van der Waals surface area contributed by atoms with E-state index in [-0.39, 0.29) is 11.9 Å². The number of hydrogen-bond acceptors (Lipinski definition) is 4. The molecule has 0 aromatic heterocycles. The van der Waals surface area contributed by atoms with Crippen LogP contribution in [0.5, 0.6) is 0 Å². The van der Waals surface area contributed by atoms with Gasteiger partial charge in [0.2, 0.25) is 5.91 Å². The van der Waals surface area contributed by atoms with E-state index < -0.39 is 0 Å². The van der Waals surface area contributed by atoms with Crippen molar-refractivity contribution in [3.05, 3.63) is 29.3 Å². The van der Waals surface area contributed by atoms with E-state index in [1.54, 1.807) is 18.2 Å². The zero-order valence-corrected chi connectivity index (χ0v) is 11.2. The lowest BCUT2D eigenvalue weighted by Crippen LogP contribution is -2.43. The number of methoxy groups -OCH3 is 1. The topological polar surface area (TPSA) is 67.4 Å². The van der Waals surface area contributed by atoms with Crippen LogP contribution in [0.4, 0.5) is 5.69 Å². The third kappa shape index (κ3) is 3.32. The van der Waals surface area contributed by atoms with Crippen LogP contribution >= 0.6 is 0 Å². The van der Waals surface area contributed by atoms with Crippen molar-refractivity contribution in [1.82, 2.24) is 5.32 Å². The van der Waals surface area contributed by atoms with E-state index in [0.29, 0.717) is 17.9 Å². The van der Waals surface area contributed by atoms with Gasteiger partial charge in [-0.05, 0) is 49.7 Å². The number of benzene rings is 1. The number of hydrogen-bond donors (Lipinski definition) is 2. The lowest BCUT2D eigenvalue weighted by atomic mass is 9.99. The molecule has 1 amide bonds. The average molecular weight is 262 g/mol. The van der Waals surface area contributed by atoms with Crippen LogP contribution in [0.2, 0.25) is 0 Å². The summed E-state index contributed by atoms with van der Waals surface area (Å²) in [4.78, 5) is 23.2. The number of esters is 1. The normalized spacial score (nSPS) is 14.6. The maximum atomic E-state index is 11.8. The fourth-order valence-electron chi connectivity index (χ4n) is 2.00. The molecule has 5 nitrogen and oxygen atoms in total. The maximum Gasteiger partial charge on any atom is 0.337 e. The minimum Gasteiger partial charge on any atom is -0.465 e. The van der Waals surface area contributed by atoms with Gasteiger partial charge >= 0.3 is 5.97 Å². The van der Waals surface area contributed by atoms with Gasteiger partial charge in [-0.15, -0.1) is 0 Å². The minimum atomic E-state index is -0.374. The molecule has 1 fully saturated rings. The van der Waals surface area contributed by atoms with E-state index >= 15 is 0 Å². The van der Waals surface area contributed by atoms with Crippen LogP contribution in [0, 0.1) is 12.8 Å². The van der Waals surface area contributed by atoms with Crippen molar-refractivity contribution >= 4 is 17.6 Å². The number of rotatable bonds is 4. The molecule has 19 heavy (non-hydrogen) atoms. The molecule has 0 atom stereocenters. The first-order valence-electron chi connectivity index (χ1n) is 6.29. The minimum absolute atomic E-state index is 0.0143. The summed E-state index contributed by atoms with van der Waals surface area (Å²) >= 11 is 0. The molecular formula is C14H18N2O3. The number of ether oxygens (including phenoxy) is 1. The molecule has 0 aliphatic carbocycles. The highest BCUT2D eigenvalue weighted by Crippen LogP contribution is 2.18. The van der Waals surface area contributed by atoms with Crippen molar-refractivity contribution in [2.24, 2.45) is 5.92 Å². The van der Waals surface area contributed by atoms with Gasteiger partial charge in [-0.25, -0.2) is 4.79 Å². The Bertz CT molecular complexity index is 495. The summed E-state index contributed by atoms with van der Waals surface area (Å²) < 4.78 is 4.65. The van der Waals surface area contributed by atoms with Gasteiger partial charge in [-0.3, -0.25) is 4.79 Å². The predicted molar refractivity (Wildman–Crippen MR) is 72.1 cm³/mol. The summed E-state index contributed by atoms with van der Waals surface area (Å²) in [5.41, 5.74) is 2.08. The standard InChI is InChI=1S/C14H18N2O3/c1-9-5-11(14(18)19-2)3-4-12(9)16-13(17)6-10-7-15-8-10/h3-5,10,15H,6-8H2,1-2H3,(H,16,17). The summed E-state index contributed by atoms with van der Waals surface area (Å²) in [6, 6.07) is 5.10. The number of aryl methyl sites for hydroxylation is 1. The largest absolute Gasteiger partial charge is 0.465 e. The molecule has 0 unspecified atom stereocenters. The van der Waals surface area contributed by atoms with Gasteiger partial charge in [-0.1, -0.05) is 0 Å². The lowest BCUT2D eigenvalue weighted by molar-refractivity contribution is -0.117. The predicted octanol–water partition coefficient (Wildman–Crippen LogP) is 1.33. The summed E-state index contributed by atoms with van der Waals surface area (Å²) in [5, 5.41) is 6.01. The van der Waals surface area contributed by atoms with Crippen LogP contribution in [0.3, 0.4) is 0 Å². The summed E-state index contributed by atoms with van der Waals surface area (Å²) in [6.07, 6.45) is 0.533. The Labute approximate surface area is 112 Å². The number of carbonyl (C=O) groups is 2. The zero-order chi connectivity index (χ0) is 13.8. The Morgan fingerprint density at radius 1 is 1.42 bits per heavy atom. The monoisotopic (exact) mass is 262 g/mol. The molecule has 102 valence electrons. The molecule has 0 spiro atoms. The average Bonchev–Trinajstić information content (AvgIpc) is 2.35. The summed E-state index contributed by atoms with van der Waals surface area (Å²) in [6.45, 7) is 3.67. The first kappa shape index (κ1) is 13.5. The molecule has 1 aromatic carbocycles. The van der Waals surface area contributed by atoms with Gasteiger partial charge in [0.25, 0.3) is 0 Å². The zero-order valence-electron chi connectivity index (χ0n) is 11.2. The van der Waals surface area contributed by atoms with E-state index in [1.165, 1.54) is 7.11 Å². The van der Waals surface area contributed by atoms with Crippen LogP contribution in [-0.4, -0.2) is 32.1 Å². The van der Waals surface area contributed by atoms with Gasteiger partial charge in [-0.2, -0.15) is 0 Å². The second-order valence-electron chi connectivity index (χ2n) is 4.80. The van der Waals surface area contributed by atoms with Crippen LogP contribution in [0.15, 0.2) is 18.2 Å². The molecule has 0 bridgehead atoms. The molecule has 1 saturated heterocycles. The van der Waals surface area contributed by atoms with E-state index in [9.17, 15) is 9.59 Å². The highest BCUT2D eigenvalue weighted by atomic mass is 16.5. The molecule has 1 aromatic rings. The van der Waals surface area contributed by atoms with E-state index in [4.69, 9.17) is 0 Å². The number of carbonyl (C=O) groups excluding carboxylic acids is 2. The molecule has 0 radical (unpaired) electrons. The third-order valence-electron chi connectivity index (χ3n) is 3.26. The Balaban J connectivity index is 2.00. The van der Waals surface area contributed by atoms with Crippen molar-refractivity contribution in [2.45, 2.75) is 13.3 Å². The first-order chi connectivity index (χ1) is 9.10. The highest BCUT2D eigenvalue weighted by molar-refractivity contribution is 5.94. The molecule has 1 aliphatic heterocycles. The van der Waals surface area contributed by atoms with Crippen LogP contribution < -0.4 is 10.6 Å². The number of nitrogens with one attached hydrogen (secondary N) is 2. The Morgan fingerprint density at radius 3 is 2.68 bits per heavy atom. The molecule has 5 heteroatoms. The van der Waals surface area contributed by atoms with Gasteiger partial charge in [0.15, 0.2) is 0 Å². The van der Waals surface area contributed by atoms with Gasteiger partial charge in [0.1, 0.15) is 0 Å².